The van der Waals surface area contributed by atoms with Gasteiger partial charge in [-0.25, -0.2) is 4.79 Å². The van der Waals surface area contributed by atoms with Crippen molar-refractivity contribution in [3.8, 4) is 0 Å². The molecule has 5 nitrogen and oxygen atoms in total. The lowest BCUT2D eigenvalue weighted by molar-refractivity contribution is -0.142. The molecule has 17 heavy (non-hydrogen) atoms. The van der Waals surface area contributed by atoms with Gasteiger partial charge in [0.2, 0.25) is 5.91 Å². The molecule has 0 aliphatic carbocycles. The topological polar surface area (TPSA) is 75.6 Å². The van der Waals surface area contributed by atoms with Crippen LogP contribution in [0.4, 0.5) is 13.2 Å². The van der Waals surface area contributed by atoms with E-state index in [2.05, 4.69) is 10.1 Å². The Labute approximate surface area is 99.7 Å². The molecule has 0 bridgehead atoms. The van der Waals surface area contributed by atoms with E-state index in [0.29, 0.717) is 11.8 Å². The molecule has 1 amide bonds. The Balaban J connectivity index is 3.38. The third-order valence-corrected chi connectivity index (χ3v) is 2.29. The first-order chi connectivity index (χ1) is 7.81. The van der Waals surface area contributed by atoms with Gasteiger partial charge in [0.15, 0.2) is 0 Å². The minimum Gasteiger partial charge on any atom is -0.480 e. The normalized spacial score (nSPS) is 11.2. The Morgan fingerprint density at radius 1 is 1.35 bits per heavy atom. The molecule has 2 N–H and O–H groups in total. The number of thioether (sulfide) groups is 1. The number of carboxylic acids is 1. The van der Waals surface area contributed by atoms with E-state index >= 15 is 0 Å². The second-order valence-electron chi connectivity index (χ2n) is 2.90. The van der Waals surface area contributed by atoms with Crippen LogP contribution in [0, 0.1) is 0 Å². The molecular weight excluding hydrogens is 263 g/mol. The van der Waals surface area contributed by atoms with Crippen LogP contribution in [-0.4, -0.2) is 54.4 Å². The van der Waals surface area contributed by atoms with Crippen LogP contribution in [0.25, 0.3) is 0 Å². The number of hydrogen-bond acceptors (Lipinski definition) is 4. The van der Waals surface area contributed by atoms with Gasteiger partial charge in [0.1, 0.15) is 6.61 Å². The molecule has 0 radical (unpaired) electrons. The van der Waals surface area contributed by atoms with Gasteiger partial charge in [0, 0.05) is 6.54 Å². The third kappa shape index (κ3) is 13.0. The van der Waals surface area contributed by atoms with E-state index in [0.717, 1.165) is 0 Å². The lowest BCUT2D eigenvalue weighted by atomic mass is 10.6. The number of carbonyl (C=O) groups is 2. The molecule has 0 saturated heterocycles. The van der Waals surface area contributed by atoms with Crippen LogP contribution in [0.5, 0.6) is 0 Å². The Bertz CT molecular complexity index is 260. The standard InChI is InChI=1S/C8H12F3NO4S/c9-8(10,11)5-17-4-6(13)12-1-2-16-3-7(14)15/h1-5H2,(H,12,13)(H,14,15). The summed E-state index contributed by atoms with van der Waals surface area (Å²) in [6, 6.07) is 0. The predicted molar refractivity (Wildman–Crippen MR) is 54.8 cm³/mol. The van der Waals surface area contributed by atoms with Crippen molar-refractivity contribution in [1.82, 2.24) is 5.32 Å². The molecule has 0 rings (SSSR count). The molecule has 0 aromatic rings. The first kappa shape index (κ1) is 16.0. The van der Waals surface area contributed by atoms with Crippen LogP contribution in [-0.2, 0) is 14.3 Å². The Kier molecular flexibility index (Phi) is 7.72. The Morgan fingerprint density at radius 3 is 2.53 bits per heavy atom. The molecule has 0 spiro atoms. The maximum atomic E-state index is 11.7. The maximum Gasteiger partial charge on any atom is 0.397 e. The molecule has 0 unspecified atom stereocenters. The highest BCUT2D eigenvalue weighted by atomic mass is 32.2. The summed E-state index contributed by atoms with van der Waals surface area (Å²) in [4.78, 5) is 21.0. The second-order valence-corrected chi connectivity index (χ2v) is 3.89. The first-order valence-corrected chi connectivity index (χ1v) is 5.67. The van der Waals surface area contributed by atoms with Crippen molar-refractivity contribution in [3.63, 3.8) is 0 Å². The summed E-state index contributed by atoms with van der Waals surface area (Å²) in [6.45, 7) is -0.403. The van der Waals surface area contributed by atoms with E-state index in [9.17, 15) is 22.8 Å². The van der Waals surface area contributed by atoms with Crippen molar-refractivity contribution in [2.24, 2.45) is 0 Å². The van der Waals surface area contributed by atoms with Crippen LogP contribution >= 0.6 is 11.8 Å². The number of hydrogen-bond donors (Lipinski definition) is 2. The fraction of sp³-hybridized carbons (Fsp3) is 0.750. The average Bonchev–Trinajstić information content (AvgIpc) is 2.14. The highest BCUT2D eigenvalue weighted by molar-refractivity contribution is 8.00. The van der Waals surface area contributed by atoms with Gasteiger partial charge < -0.3 is 15.2 Å². The van der Waals surface area contributed by atoms with Crippen molar-refractivity contribution in [2.45, 2.75) is 6.18 Å². The summed E-state index contributed by atoms with van der Waals surface area (Å²) in [5, 5.41) is 10.5. The number of alkyl halides is 3. The number of rotatable bonds is 8. The summed E-state index contributed by atoms with van der Waals surface area (Å²) >= 11 is 0.465. The van der Waals surface area contributed by atoms with Gasteiger partial charge in [-0.1, -0.05) is 0 Å². The molecule has 0 heterocycles. The number of nitrogens with one attached hydrogen (secondary N) is 1. The fourth-order valence-corrected chi connectivity index (χ4v) is 1.35. The third-order valence-electron chi connectivity index (χ3n) is 1.29. The Morgan fingerprint density at radius 2 is 2.00 bits per heavy atom. The summed E-state index contributed by atoms with van der Waals surface area (Å²) in [7, 11) is 0. The highest BCUT2D eigenvalue weighted by Gasteiger charge is 2.27. The zero-order chi connectivity index (χ0) is 13.3. The zero-order valence-corrected chi connectivity index (χ0v) is 9.57. The lowest BCUT2D eigenvalue weighted by Gasteiger charge is -2.06. The number of aliphatic carboxylic acids is 1. The quantitative estimate of drug-likeness (QED) is 0.631. The van der Waals surface area contributed by atoms with E-state index in [1.165, 1.54) is 0 Å². The number of ether oxygens (including phenoxy) is 1. The van der Waals surface area contributed by atoms with Gasteiger partial charge >= 0.3 is 12.1 Å². The van der Waals surface area contributed by atoms with Gasteiger partial charge in [-0.3, -0.25) is 4.79 Å². The van der Waals surface area contributed by atoms with E-state index < -0.39 is 30.4 Å². The number of amides is 1. The van der Waals surface area contributed by atoms with Crippen LogP contribution in [0.3, 0.4) is 0 Å². The fourth-order valence-electron chi connectivity index (χ4n) is 0.733. The zero-order valence-electron chi connectivity index (χ0n) is 8.75. The van der Waals surface area contributed by atoms with Crippen LogP contribution in [0.1, 0.15) is 0 Å². The molecule has 0 aromatic carbocycles. The van der Waals surface area contributed by atoms with Gasteiger partial charge in [-0.05, 0) is 0 Å². The summed E-state index contributed by atoms with van der Waals surface area (Å²) in [6.07, 6.45) is -4.28. The lowest BCUT2D eigenvalue weighted by Crippen LogP contribution is -2.29. The van der Waals surface area contributed by atoms with Crippen LogP contribution in [0.2, 0.25) is 0 Å². The summed E-state index contributed by atoms with van der Waals surface area (Å²) in [5.74, 6) is -3.04. The number of halogens is 3. The minimum absolute atomic E-state index is 0.00196. The summed E-state index contributed by atoms with van der Waals surface area (Å²) in [5.41, 5.74) is 0. The van der Waals surface area contributed by atoms with Crippen molar-refractivity contribution < 1.29 is 32.6 Å². The molecule has 0 aromatic heterocycles. The predicted octanol–water partition coefficient (Wildman–Crippen LogP) is 0.499. The van der Waals surface area contributed by atoms with E-state index in [1.807, 2.05) is 0 Å². The van der Waals surface area contributed by atoms with Gasteiger partial charge in [0.25, 0.3) is 0 Å². The molecule has 0 fully saturated rings. The average molecular weight is 275 g/mol. The molecule has 0 atom stereocenters. The molecule has 0 saturated carbocycles. The van der Waals surface area contributed by atoms with Crippen molar-refractivity contribution in [1.29, 1.82) is 0 Å². The second kappa shape index (κ2) is 8.18. The SMILES string of the molecule is O=C(O)COCCNC(=O)CSCC(F)(F)F. The largest absolute Gasteiger partial charge is 0.480 e. The molecule has 100 valence electrons. The summed E-state index contributed by atoms with van der Waals surface area (Å²) < 4.78 is 39.7. The number of carboxylic acid groups (broad SMARTS) is 1. The van der Waals surface area contributed by atoms with E-state index in [1.54, 1.807) is 0 Å². The van der Waals surface area contributed by atoms with E-state index in [-0.39, 0.29) is 18.9 Å². The molecular formula is C8H12F3NO4S. The first-order valence-electron chi connectivity index (χ1n) is 4.52. The van der Waals surface area contributed by atoms with Crippen molar-refractivity contribution in [2.75, 3.05) is 31.3 Å². The molecule has 0 aliphatic heterocycles. The van der Waals surface area contributed by atoms with Gasteiger partial charge in [-0.15, -0.1) is 11.8 Å². The van der Waals surface area contributed by atoms with Crippen LogP contribution < -0.4 is 5.32 Å². The maximum absolute atomic E-state index is 11.7. The van der Waals surface area contributed by atoms with Gasteiger partial charge in [-0.2, -0.15) is 13.2 Å². The van der Waals surface area contributed by atoms with Gasteiger partial charge in [0.05, 0.1) is 18.1 Å². The molecule has 0 aliphatic rings. The minimum atomic E-state index is -4.28. The van der Waals surface area contributed by atoms with Crippen molar-refractivity contribution >= 4 is 23.6 Å². The highest BCUT2D eigenvalue weighted by Crippen LogP contribution is 2.20. The van der Waals surface area contributed by atoms with Crippen LogP contribution in [0.15, 0.2) is 0 Å². The monoisotopic (exact) mass is 275 g/mol. The number of carbonyl (C=O) groups excluding carboxylic acids is 1. The smallest absolute Gasteiger partial charge is 0.397 e. The van der Waals surface area contributed by atoms with Crippen molar-refractivity contribution in [3.05, 3.63) is 0 Å². The van der Waals surface area contributed by atoms with E-state index in [4.69, 9.17) is 5.11 Å². The molecule has 9 heteroatoms. The Hall–Kier alpha value is -0.960.